The number of benzene rings is 1. The summed E-state index contributed by atoms with van der Waals surface area (Å²) in [4.78, 5) is 16.9. The molecule has 1 amide bonds. The summed E-state index contributed by atoms with van der Waals surface area (Å²) in [7, 11) is 0. The molecule has 0 radical (unpaired) electrons. The van der Waals surface area contributed by atoms with Crippen molar-refractivity contribution >= 4 is 23.7 Å². The first-order chi connectivity index (χ1) is 8.68. The van der Waals surface area contributed by atoms with Crippen LogP contribution in [-0.2, 0) is 0 Å². The van der Waals surface area contributed by atoms with Gasteiger partial charge in [0, 0.05) is 6.20 Å². The lowest BCUT2D eigenvalue weighted by Crippen LogP contribution is -2.29. The van der Waals surface area contributed by atoms with Gasteiger partial charge in [0.2, 0.25) is 0 Å². The van der Waals surface area contributed by atoms with Crippen molar-refractivity contribution in [2.24, 2.45) is 0 Å². The van der Waals surface area contributed by atoms with Gasteiger partial charge in [-0.1, -0.05) is 42.1 Å². The van der Waals surface area contributed by atoms with Crippen molar-refractivity contribution < 1.29 is 9.90 Å². The Morgan fingerprint density at radius 1 is 1.39 bits per heavy atom. The van der Waals surface area contributed by atoms with Gasteiger partial charge < -0.3 is 10.1 Å². The maximum atomic E-state index is 11.4. The quantitative estimate of drug-likeness (QED) is 0.823. The number of H-pyrrole nitrogens is 1. The largest absolute Gasteiger partial charge is 0.465 e. The summed E-state index contributed by atoms with van der Waals surface area (Å²) in [6.07, 6.45) is 0.909. The summed E-state index contributed by atoms with van der Waals surface area (Å²) in [6.45, 7) is 1.98. The first-order valence-electron chi connectivity index (χ1n) is 5.60. The highest BCUT2D eigenvalue weighted by molar-refractivity contribution is 8.00. The van der Waals surface area contributed by atoms with E-state index in [9.17, 15) is 9.90 Å². The van der Waals surface area contributed by atoms with Crippen molar-refractivity contribution in [2.75, 3.05) is 4.90 Å². The molecule has 3 rings (SSSR count). The Kier molecular flexibility index (Phi) is 2.56. The van der Waals surface area contributed by atoms with Crippen molar-refractivity contribution in [3.63, 3.8) is 0 Å². The molecule has 92 valence electrons. The number of carboxylic acid groups (broad SMARTS) is 1. The summed E-state index contributed by atoms with van der Waals surface area (Å²) >= 11 is 1.57. The Labute approximate surface area is 109 Å². The van der Waals surface area contributed by atoms with E-state index in [1.54, 1.807) is 11.8 Å². The predicted molar refractivity (Wildman–Crippen MR) is 71.1 cm³/mol. The van der Waals surface area contributed by atoms with Gasteiger partial charge in [-0.3, -0.25) is 0 Å². The number of hydrogen-bond acceptors (Lipinski definition) is 2. The first-order valence-corrected chi connectivity index (χ1v) is 6.48. The number of anilines is 1. The highest BCUT2D eigenvalue weighted by atomic mass is 32.2. The molecule has 2 aromatic rings. The molecule has 18 heavy (non-hydrogen) atoms. The molecular formula is C13H12N2O2S. The molecule has 0 fully saturated rings. The lowest BCUT2D eigenvalue weighted by atomic mass is 10.2. The number of nitrogens with zero attached hydrogens (tertiary/aromatic N) is 1. The van der Waals surface area contributed by atoms with E-state index >= 15 is 0 Å². The van der Waals surface area contributed by atoms with Crippen molar-refractivity contribution in [3.8, 4) is 0 Å². The molecule has 2 N–H and O–H groups in total. The number of aromatic amines is 1. The van der Waals surface area contributed by atoms with E-state index in [2.05, 4.69) is 4.98 Å². The van der Waals surface area contributed by atoms with E-state index in [1.807, 2.05) is 43.5 Å². The molecule has 0 aliphatic carbocycles. The van der Waals surface area contributed by atoms with Gasteiger partial charge in [-0.2, -0.15) is 0 Å². The molecule has 0 saturated heterocycles. The number of rotatable bonds is 1. The maximum absolute atomic E-state index is 11.4. The van der Waals surface area contributed by atoms with Crippen molar-refractivity contribution in [1.29, 1.82) is 0 Å². The van der Waals surface area contributed by atoms with Crippen molar-refractivity contribution in [1.82, 2.24) is 4.98 Å². The third kappa shape index (κ3) is 1.59. The monoisotopic (exact) mass is 260 g/mol. The average Bonchev–Trinajstić information content (AvgIpc) is 2.91. The van der Waals surface area contributed by atoms with Gasteiger partial charge in [-0.05, 0) is 18.1 Å². The molecule has 1 aromatic carbocycles. The minimum absolute atomic E-state index is 0.204. The van der Waals surface area contributed by atoms with Crippen molar-refractivity contribution in [2.45, 2.75) is 17.2 Å². The van der Waals surface area contributed by atoms with Gasteiger partial charge in [0.25, 0.3) is 0 Å². The first kappa shape index (κ1) is 11.2. The van der Waals surface area contributed by atoms with Crippen LogP contribution in [0.2, 0.25) is 0 Å². The zero-order valence-electron chi connectivity index (χ0n) is 9.75. The van der Waals surface area contributed by atoms with Crippen LogP contribution in [0.3, 0.4) is 0 Å². The fourth-order valence-corrected chi connectivity index (χ4v) is 3.47. The van der Waals surface area contributed by atoms with E-state index < -0.39 is 6.09 Å². The molecule has 2 heterocycles. The Morgan fingerprint density at radius 2 is 2.11 bits per heavy atom. The minimum Gasteiger partial charge on any atom is -0.465 e. The summed E-state index contributed by atoms with van der Waals surface area (Å²) < 4.78 is 0. The third-order valence-electron chi connectivity index (χ3n) is 2.99. The molecule has 1 aromatic heterocycles. The van der Waals surface area contributed by atoms with Crippen LogP contribution in [0.5, 0.6) is 0 Å². The Balaban J connectivity index is 2.06. The number of carbonyl (C=O) groups is 1. The van der Waals surface area contributed by atoms with Gasteiger partial charge >= 0.3 is 6.09 Å². The SMILES string of the molecule is Cc1c[nH]c2c1SC(c1ccccc1)N2C(=O)O. The van der Waals surface area contributed by atoms with Gasteiger partial charge in [-0.25, -0.2) is 9.69 Å². The zero-order valence-corrected chi connectivity index (χ0v) is 10.6. The number of hydrogen-bond donors (Lipinski definition) is 2. The Morgan fingerprint density at radius 3 is 2.78 bits per heavy atom. The number of fused-ring (bicyclic) bond motifs is 1. The van der Waals surface area contributed by atoms with E-state index in [0.29, 0.717) is 5.82 Å². The predicted octanol–water partition coefficient (Wildman–Crippen LogP) is 3.61. The van der Waals surface area contributed by atoms with E-state index in [4.69, 9.17) is 0 Å². The summed E-state index contributed by atoms with van der Waals surface area (Å²) in [5.41, 5.74) is 2.08. The van der Waals surface area contributed by atoms with E-state index in [1.165, 1.54) is 4.90 Å². The minimum atomic E-state index is -0.933. The maximum Gasteiger partial charge on any atom is 0.414 e. The molecule has 1 atom stereocenters. The summed E-state index contributed by atoms with van der Waals surface area (Å²) in [6, 6.07) is 9.69. The zero-order chi connectivity index (χ0) is 12.7. The number of aryl methyl sites for hydroxylation is 1. The fourth-order valence-electron chi connectivity index (χ4n) is 2.13. The highest BCUT2D eigenvalue weighted by Gasteiger charge is 2.37. The van der Waals surface area contributed by atoms with Crippen LogP contribution in [0, 0.1) is 6.92 Å². The highest BCUT2D eigenvalue weighted by Crippen LogP contribution is 2.52. The third-order valence-corrected chi connectivity index (χ3v) is 4.45. The molecule has 0 bridgehead atoms. The Hall–Kier alpha value is -1.88. The molecule has 1 aliphatic heterocycles. The van der Waals surface area contributed by atoms with Crippen LogP contribution in [0.15, 0.2) is 41.4 Å². The standard InChI is InChI=1S/C13H12N2O2S/c1-8-7-14-11-10(8)18-12(15(11)13(16)17)9-5-3-2-4-6-9/h2-7,12,14H,1H3,(H,16,17). The number of amides is 1. The second-order valence-electron chi connectivity index (χ2n) is 4.18. The molecule has 4 nitrogen and oxygen atoms in total. The number of nitrogens with one attached hydrogen (secondary N) is 1. The summed E-state index contributed by atoms with van der Waals surface area (Å²) in [5.74, 6) is 0.679. The van der Waals surface area contributed by atoms with Gasteiger partial charge in [0.1, 0.15) is 11.2 Å². The molecule has 0 spiro atoms. The molecular weight excluding hydrogens is 248 g/mol. The van der Waals surface area contributed by atoms with Gasteiger partial charge in [0.15, 0.2) is 0 Å². The molecule has 0 saturated carbocycles. The fraction of sp³-hybridized carbons (Fsp3) is 0.154. The second kappa shape index (κ2) is 4.10. The topological polar surface area (TPSA) is 56.3 Å². The lowest BCUT2D eigenvalue weighted by molar-refractivity contribution is 0.201. The van der Waals surface area contributed by atoms with Crippen LogP contribution < -0.4 is 4.90 Å². The second-order valence-corrected chi connectivity index (χ2v) is 5.27. The van der Waals surface area contributed by atoms with E-state index in [0.717, 1.165) is 16.0 Å². The van der Waals surface area contributed by atoms with E-state index in [-0.39, 0.29) is 5.37 Å². The lowest BCUT2D eigenvalue weighted by Gasteiger charge is -2.21. The number of thioether (sulfide) groups is 1. The van der Waals surface area contributed by atoms with Crippen molar-refractivity contribution in [3.05, 3.63) is 47.7 Å². The van der Waals surface area contributed by atoms with Gasteiger partial charge in [-0.15, -0.1) is 0 Å². The smallest absolute Gasteiger partial charge is 0.414 e. The molecule has 1 aliphatic rings. The normalized spacial score (nSPS) is 17.8. The Bertz CT molecular complexity index is 594. The van der Waals surface area contributed by atoms with Crippen LogP contribution in [-0.4, -0.2) is 16.2 Å². The van der Waals surface area contributed by atoms with Crippen LogP contribution in [0.25, 0.3) is 0 Å². The number of aromatic nitrogens is 1. The van der Waals surface area contributed by atoms with Crippen LogP contribution in [0.1, 0.15) is 16.5 Å². The van der Waals surface area contributed by atoms with Crippen LogP contribution >= 0.6 is 11.8 Å². The molecule has 1 unspecified atom stereocenters. The summed E-state index contributed by atoms with van der Waals surface area (Å²) in [5, 5.41) is 9.19. The molecule has 5 heteroatoms. The average molecular weight is 260 g/mol. The van der Waals surface area contributed by atoms with Crippen LogP contribution in [0.4, 0.5) is 10.6 Å². The van der Waals surface area contributed by atoms with Gasteiger partial charge in [0.05, 0.1) is 4.90 Å².